The van der Waals surface area contributed by atoms with Crippen LogP contribution in [0.5, 0.6) is 0 Å². The molecule has 82 valence electrons. The Morgan fingerprint density at radius 2 is 1.57 bits per heavy atom. The summed E-state index contributed by atoms with van der Waals surface area (Å²) < 4.78 is 22.6. The number of fused-ring (bicyclic) bond motifs is 6. The molecule has 3 fully saturated rings. The van der Waals surface area contributed by atoms with Crippen LogP contribution in [0, 0.1) is 0 Å². The zero-order chi connectivity index (χ0) is 9.86. The topological polar surface area (TPSA) is 40.2 Å². The second-order valence-electron chi connectivity index (χ2n) is 3.32. The second kappa shape index (κ2) is 5.09. The maximum atomic E-state index is 5.68. The van der Waals surface area contributed by atoms with Crippen LogP contribution in [0.2, 0.25) is 0 Å². The summed E-state index contributed by atoms with van der Waals surface area (Å²) in [5.41, 5.74) is 0. The summed E-state index contributed by atoms with van der Waals surface area (Å²) in [4.78, 5) is 2.29. The fraction of sp³-hybridized carbons (Fsp3) is 1.00. The second-order valence-corrected chi connectivity index (χ2v) is 9.47. The molecule has 0 aromatic carbocycles. The molecule has 2 bridgehead atoms. The molecule has 0 aromatic heterocycles. The van der Waals surface area contributed by atoms with Crippen LogP contribution in [-0.2, 0) is 12.3 Å². The first-order valence-corrected chi connectivity index (χ1v) is 9.79. The zero-order valence-corrected chi connectivity index (χ0v) is 11.4. The molecule has 3 rings (SSSR count). The van der Waals surface area contributed by atoms with Gasteiger partial charge in [0, 0.05) is 0 Å². The number of hydrogen-bond donors (Lipinski definition) is 0. The Morgan fingerprint density at radius 3 is 2.00 bits per heavy atom. The molecule has 3 heterocycles. The van der Waals surface area contributed by atoms with Gasteiger partial charge in [0.15, 0.2) is 0 Å². The van der Waals surface area contributed by atoms with Gasteiger partial charge in [-0.05, 0) is 0 Å². The van der Waals surface area contributed by atoms with E-state index in [2.05, 4.69) is 4.90 Å². The van der Waals surface area contributed by atoms with E-state index in [9.17, 15) is 0 Å². The normalized spacial score (nSPS) is 38.8. The van der Waals surface area contributed by atoms with Gasteiger partial charge in [-0.15, -0.1) is 0 Å². The van der Waals surface area contributed by atoms with Crippen molar-refractivity contribution < 1.29 is 12.3 Å². The molecule has 3 aliphatic heterocycles. The third-order valence-corrected chi connectivity index (χ3v) is 8.99. The Balaban J connectivity index is 2.04. The molecule has 0 atom stereocenters. The van der Waals surface area contributed by atoms with E-state index in [1.54, 1.807) is 0 Å². The molecule has 14 heavy (non-hydrogen) atoms. The van der Waals surface area contributed by atoms with Crippen LogP contribution in [0.15, 0.2) is 0 Å². The monoisotopic (exact) mass is 311 g/mol. The standard InChI is InChI=1S/C6H12NO3.C2H5O.Sn/c8-4-1-7(2-5-9)3-6-10;1-2-3;/h1-6H2;2H2,1H3;/q-3;-1;+4. The van der Waals surface area contributed by atoms with Gasteiger partial charge >= 0.3 is 90.2 Å². The molecule has 3 aliphatic rings. The van der Waals surface area contributed by atoms with Crippen molar-refractivity contribution in [1.82, 2.24) is 4.90 Å². The molecule has 5 nitrogen and oxygen atoms in total. The van der Waals surface area contributed by atoms with Gasteiger partial charge in [-0.3, -0.25) is 0 Å². The van der Waals surface area contributed by atoms with Gasteiger partial charge in [-0.2, -0.15) is 0 Å². The predicted molar refractivity (Wildman–Crippen MR) is 51.7 cm³/mol. The van der Waals surface area contributed by atoms with Crippen molar-refractivity contribution in [2.75, 3.05) is 46.1 Å². The SMILES string of the molecule is CC[O][Sn]12[O]CCN(CC[O]1)CC[O]2. The van der Waals surface area contributed by atoms with Crippen molar-refractivity contribution >= 4 is 20.0 Å². The summed E-state index contributed by atoms with van der Waals surface area (Å²) >= 11 is -3.53. The zero-order valence-electron chi connectivity index (χ0n) is 8.53. The minimum atomic E-state index is -3.53. The van der Waals surface area contributed by atoms with Gasteiger partial charge in [0.2, 0.25) is 0 Å². The summed E-state index contributed by atoms with van der Waals surface area (Å²) in [6, 6.07) is 0. The quantitative estimate of drug-likeness (QED) is 0.663. The Kier molecular flexibility index (Phi) is 4.03. The van der Waals surface area contributed by atoms with Crippen LogP contribution in [0.25, 0.3) is 0 Å². The van der Waals surface area contributed by atoms with Crippen molar-refractivity contribution in [2.24, 2.45) is 0 Å². The molecule has 0 spiro atoms. The van der Waals surface area contributed by atoms with Crippen LogP contribution in [0.3, 0.4) is 0 Å². The average molecular weight is 310 g/mol. The predicted octanol–water partition coefficient (Wildman–Crippen LogP) is -0.162. The molecular weight excluding hydrogens is 293 g/mol. The summed E-state index contributed by atoms with van der Waals surface area (Å²) in [5.74, 6) is 0. The van der Waals surface area contributed by atoms with Gasteiger partial charge in [0.05, 0.1) is 0 Å². The summed E-state index contributed by atoms with van der Waals surface area (Å²) in [6.45, 7) is 7.50. The number of hydrogen-bond acceptors (Lipinski definition) is 5. The van der Waals surface area contributed by atoms with Gasteiger partial charge in [0.1, 0.15) is 0 Å². The van der Waals surface area contributed by atoms with E-state index in [1.165, 1.54) is 0 Å². The average Bonchev–Trinajstić information content (AvgIpc) is 2.06. The number of rotatable bonds is 2. The van der Waals surface area contributed by atoms with Gasteiger partial charge in [0.25, 0.3) is 0 Å². The molecular formula is C8H17NO4Sn. The molecule has 0 aliphatic carbocycles. The molecule has 0 aromatic rings. The van der Waals surface area contributed by atoms with Crippen LogP contribution in [0.1, 0.15) is 6.92 Å². The maximum absolute atomic E-state index is 5.68. The van der Waals surface area contributed by atoms with Crippen molar-refractivity contribution in [3.63, 3.8) is 0 Å². The molecule has 3 saturated heterocycles. The minimum absolute atomic E-state index is 0.611. The first-order valence-electron chi connectivity index (χ1n) is 5.13. The first-order chi connectivity index (χ1) is 6.85. The van der Waals surface area contributed by atoms with E-state index in [-0.39, 0.29) is 0 Å². The van der Waals surface area contributed by atoms with Crippen LogP contribution >= 0.6 is 0 Å². The van der Waals surface area contributed by atoms with E-state index >= 15 is 0 Å². The molecule has 0 amide bonds. The van der Waals surface area contributed by atoms with Crippen molar-refractivity contribution in [1.29, 1.82) is 0 Å². The van der Waals surface area contributed by atoms with Gasteiger partial charge < -0.3 is 0 Å². The summed E-state index contributed by atoms with van der Waals surface area (Å²) in [7, 11) is 0. The number of nitrogens with zero attached hydrogens (tertiary/aromatic N) is 1. The van der Waals surface area contributed by atoms with Crippen molar-refractivity contribution in [3.8, 4) is 0 Å². The third kappa shape index (κ3) is 2.59. The molecule has 6 heteroatoms. The van der Waals surface area contributed by atoms with E-state index in [0.29, 0.717) is 26.4 Å². The van der Waals surface area contributed by atoms with Crippen LogP contribution < -0.4 is 0 Å². The van der Waals surface area contributed by atoms with Crippen molar-refractivity contribution in [2.45, 2.75) is 6.92 Å². The molecule has 0 radical (unpaired) electrons. The summed E-state index contributed by atoms with van der Waals surface area (Å²) in [6.07, 6.45) is 0. The molecule has 0 unspecified atom stereocenters. The van der Waals surface area contributed by atoms with Crippen molar-refractivity contribution in [3.05, 3.63) is 0 Å². The van der Waals surface area contributed by atoms with Gasteiger partial charge in [-0.1, -0.05) is 0 Å². The Labute approximate surface area is 90.3 Å². The van der Waals surface area contributed by atoms with Crippen LogP contribution in [-0.4, -0.2) is 71.0 Å². The third-order valence-electron chi connectivity index (χ3n) is 2.38. The fourth-order valence-corrected chi connectivity index (χ4v) is 7.02. The molecule has 0 saturated carbocycles. The fourth-order valence-electron chi connectivity index (χ4n) is 1.66. The van der Waals surface area contributed by atoms with E-state index in [1.807, 2.05) is 6.92 Å². The Bertz CT molecular complexity index is 166. The van der Waals surface area contributed by atoms with Gasteiger partial charge in [-0.25, -0.2) is 0 Å². The van der Waals surface area contributed by atoms with E-state index in [0.717, 1.165) is 19.6 Å². The van der Waals surface area contributed by atoms with Crippen LogP contribution in [0.4, 0.5) is 0 Å². The Hall–Kier alpha value is 0.599. The molecule has 0 N–H and O–H groups in total. The summed E-state index contributed by atoms with van der Waals surface area (Å²) in [5, 5.41) is 0. The van der Waals surface area contributed by atoms with E-state index < -0.39 is 20.0 Å². The Morgan fingerprint density at radius 1 is 1.07 bits per heavy atom. The first kappa shape index (κ1) is 11.1. The van der Waals surface area contributed by atoms with E-state index in [4.69, 9.17) is 12.3 Å².